The third-order valence-corrected chi connectivity index (χ3v) is 7.12. The lowest BCUT2D eigenvalue weighted by Gasteiger charge is -2.34. The van der Waals surface area contributed by atoms with E-state index in [4.69, 9.17) is 16.0 Å². The van der Waals surface area contributed by atoms with E-state index in [9.17, 15) is 19.5 Å². The van der Waals surface area contributed by atoms with Gasteiger partial charge >= 0.3 is 5.97 Å². The summed E-state index contributed by atoms with van der Waals surface area (Å²) in [6, 6.07) is 25.2. The third-order valence-electron chi connectivity index (χ3n) is 7.12. The summed E-state index contributed by atoms with van der Waals surface area (Å²) >= 11 is 0. The van der Waals surface area contributed by atoms with E-state index in [0.717, 1.165) is 22.3 Å². The number of hydrogen-bond donors (Lipinski definition) is 4. The van der Waals surface area contributed by atoms with Gasteiger partial charge in [0.25, 0.3) is 0 Å². The van der Waals surface area contributed by atoms with Crippen molar-refractivity contribution in [1.29, 1.82) is 0 Å². The summed E-state index contributed by atoms with van der Waals surface area (Å²) in [5.74, 6) is -1.86. The monoisotopic (exact) mass is 611 g/mol. The van der Waals surface area contributed by atoms with Gasteiger partial charge < -0.3 is 31.3 Å². The molecule has 0 unspecified atom stereocenters. The number of nitrogens with zero attached hydrogens (tertiary/aromatic N) is 4. The number of nitrogens with one attached hydrogen (secondary N) is 1. The van der Waals surface area contributed by atoms with Crippen LogP contribution in [0.3, 0.4) is 0 Å². The lowest BCUT2D eigenvalue weighted by atomic mass is 9.89. The molecular weight excluding hydrogens is 574 g/mol. The van der Waals surface area contributed by atoms with Gasteiger partial charge in [-0.05, 0) is 42.0 Å². The van der Waals surface area contributed by atoms with Crippen LogP contribution < -0.4 is 16.8 Å². The van der Waals surface area contributed by atoms with Gasteiger partial charge in [-0.25, -0.2) is 0 Å². The predicted octanol–water partition coefficient (Wildman–Crippen LogP) is 2.75. The molecule has 0 saturated carbocycles. The maximum absolute atomic E-state index is 14.7. The summed E-state index contributed by atoms with van der Waals surface area (Å²) in [7, 11) is 0. The number of nitrogens with two attached hydrogens (primary N) is 2. The van der Waals surface area contributed by atoms with Gasteiger partial charge in [0, 0.05) is 13.1 Å². The topological polar surface area (TPSA) is 190 Å². The molecule has 6 N–H and O–H groups in total. The minimum atomic E-state index is -1.20. The van der Waals surface area contributed by atoms with Crippen molar-refractivity contribution >= 4 is 23.7 Å². The number of hydrogen-bond acceptors (Lipinski definition) is 7. The number of aromatic nitrogens is 2. The number of amides is 2. The molecule has 3 aromatic carbocycles. The zero-order valence-corrected chi connectivity index (χ0v) is 25.0. The van der Waals surface area contributed by atoms with Crippen LogP contribution in [0.15, 0.2) is 94.4 Å². The van der Waals surface area contributed by atoms with Crippen molar-refractivity contribution in [2.24, 2.45) is 16.5 Å². The zero-order valence-electron chi connectivity index (χ0n) is 25.0. The van der Waals surface area contributed by atoms with E-state index in [1.165, 1.54) is 4.90 Å². The van der Waals surface area contributed by atoms with Crippen molar-refractivity contribution in [1.82, 2.24) is 20.4 Å². The first-order chi connectivity index (χ1) is 21.7. The highest BCUT2D eigenvalue weighted by molar-refractivity contribution is 5.93. The maximum Gasteiger partial charge on any atom is 0.322 e. The Morgan fingerprint density at radius 1 is 0.933 bits per heavy atom. The number of carbonyl (C=O) groups is 3. The smallest absolute Gasteiger partial charge is 0.322 e. The fourth-order valence-electron chi connectivity index (χ4n) is 5.02. The third kappa shape index (κ3) is 9.48. The molecule has 1 aromatic heterocycles. The van der Waals surface area contributed by atoms with Crippen LogP contribution >= 0.6 is 0 Å². The molecule has 2 amide bonds. The number of carboxylic acids is 1. The molecule has 0 spiro atoms. The second-order valence-corrected chi connectivity index (χ2v) is 10.5. The summed E-state index contributed by atoms with van der Waals surface area (Å²) in [5, 5.41) is 15.6. The summed E-state index contributed by atoms with van der Waals surface area (Å²) < 4.78 is 5.24. The SMILES string of the molecule is Cc1noc(Cc2ccc(CN(C(=O)C(c3ccccc3)c3ccccc3)[C@H](CCCN=C(N)N)C(=O)NCC(=O)O)cc2)n1. The zero-order chi connectivity index (χ0) is 32.2. The van der Waals surface area contributed by atoms with E-state index in [1.54, 1.807) is 6.92 Å². The first-order valence-corrected chi connectivity index (χ1v) is 14.5. The van der Waals surface area contributed by atoms with Crippen molar-refractivity contribution in [2.75, 3.05) is 13.1 Å². The van der Waals surface area contributed by atoms with Gasteiger partial charge in [-0.15, -0.1) is 0 Å². The Bertz CT molecular complexity index is 1550. The highest BCUT2D eigenvalue weighted by Crippen LogP contribution is 2.29. The van der Waals surface area contributed by atoms with E-state index in [-0.39, 0.29) is 31.4 Å². The Balaban J connectivity index is 1.72. The quantitative estimate of drug-likeness (QED) is 0.0889. The van der Waals surface area contributed by atoms with Crippen LogP contribution in [-0.2, 0) is 27.3 Å². The van der Waals surface area contributed by atoms with E-state index in [1.807, 2.05) is 84.9 Å². The van der Waals surface area contributed by atoms with E-state index in [0.29, 0.717) is 24.6 Å². The Hall–Kier alpha value is -5.52. The minimum absolute atomic E-state index is 0.0844. The summed E-state index contributed by atoms with van der Waals surface area (Å²) in [6.07, 6.45) is 1.01. The molecule has 4 rings (SSSR count). The first kappa shape index (κ1) is 32.4. The van der Waals surface area contributed by atoms with Gasteiger partial charge in [-0.2, -0.15) is 4.98 Å². The van der Waals surface area contributed by atoms with Crippen molar-refractivity contribution in [3.63, 3.8) is 0 Å². The fourth-order valence-corrected chi connectivity index (χ4v) is 5.02. The second-order valence-electron chi connectivity index (χ2n) is 10.5. The van der Waals surface area contributed by atoms with Crippen molar-refractivity contribution in [2.45, 2.75) is 44.7 Å². The van der Waals surface area contributed by atoms with Gasteiger partial charge in [0.05, 0.1) is 12.3 Å². The summed E-state index contributed by atoms with van der Waals surface area (Å²) in [5.41, 5.74) is 14.2. The normalized spacial score (nSPS) is 11.5. The van der Waals surface area contributed by atoms with Crippen LogP contribution in [0, 0.1) is 6.92 Å². The average molecular weight is 612 g/mol. The van der Waals surface area contributed by atoms with Crippen LogP contribution in [0.5, 0.6) is 0 Å². The number of carbonyl (C=O) groups excluding carboxylic acids is 2. The molecule has 12 nitrogen and oxygen atoms in total. The van der Waals surface area contributed by atoms with Crippen LogP contribution in [0.4, 0.5) is 0 Å². The van der Waals surface area contributed by atoms with Gasteiger partial charge in [-0.1, -0.05) is 90.1 Å². The molecule has 4 aromatic rings. The van der Waals surface area contributed by atoms with Crippen molar-refractivity contribution in [3.8, 4) is 0 Å². The lowest BCUT2D eigenvalue weighted by Crippen LogP contribution is -2.51. The second kappa shape index (κ2) is 15.8. The van der Waals surface area contributed by atoms with E-state index in [2.05, 4.69) is 20.4 Å². The Labute approximate surface area is 261 Å². The molecule has 45 heavy (non-hydrogen) atoms. The molecule has 0 saturated heterocycles. The average Bonchev–Trinajstić information content (AvgIpc) is 3.45. The number of aliphatic imine (C=N–C) groups is 1. The fraction of sp³-hybridized carbons (Fsp3) is 0.273. The number of aryl methyl sites for hydroxylation is 1. The van der Waals surface area contributed by atoms with Crippen LogP contribution in [0.2, 0.25) is 0 Å². The molecule has 1 heterocycles. The summed E-state index contributed by atoms with van der Waals surface area (Å²) in [4.78, 5) is 49.4. The number of guanidine groups is 1. The maximum atomic E-state index is 14.7. The number of rotatable bonds is 15. The number of aliphatic carboxylic acids is 1. The lowest BCUT2D eigenvalue weighted by molar-refractivity contribution is -0.143. The highest BCUT2D eigenvalue weighted by atomic mass is 16.5. The Morgan fingerprint density at radius 3 is 2.07 bits per heavy atom. The minimum Gasteiger partial charge on any atom is -0.480 e. The van der Waals surface area contributed by atoms with E-state index < -0.39 is 30.4 Å². The molecule has 0 aliphatic heterocycles. The highest BCUT2D eigenvalue weighted by Gasteiger charge is 2.35. The van der Waals surface area contributed by atoms with Gasteiger partial charge in [0.2, 0.25) is 17.7 Å². The van der Waals surface area contributed by atoms with Gasteiger partial charge in [-0.3, -0.25) is 19.4 Å². The molecule has 234 valence electrons. The molecular formula is C33H37N7O5. The molecule has 0 aliphatic carbocycles. The molecule has 0 bridgehead atoms. The molecule has 0 radical (unpaired) electrons. The Morgan fingerprint density at radius 2 is 1.53 bits per heavy atom. The van der Waals surface area contributed by atoms with E-state index >= 15 is 0 Å². The molecule has 1 atom stereocenters. The molecule has 0 aliphatic rings. The van der Waals surface area contributed by atoms with Crippen LogP contribution in [0.1, 0.15) is 52.7 Å². The molecule has 0 fully saturated rings. The largest absolute Gasteiger partial charge is 0.480 e. The number of carboxylic acid groups (broad SMARTS) is 1. The number of benzene rings is 3. The van der Waals surface area contributed by atoms with Gasteiger partial charge in [0.15, 0.2) is 11.8 Å². The van der Waals surface area contributed by atoms with Crippen LogP contribution in [-0.4, -0.2) is 63.0 Å². The Kier molecular flexibility index (Phi) is 11.4. The summed E-state index contributed by atoms with van der Waals surface area (Å²) in [6.45, 7) is 1.48. The van der Waals surface area contributed by atoms with Crippen LogP contribution in [0.25, 0.3) is 0 Å². The standard InChI is InChI=1S/C33H37N7O5/c1-22-38-28(45-39-22)19-23-14-16-24(17-15-23)21-40(27(13-8-18-36-33(34)35)31(43)37-20-29(41)42)32(44)30(25-9-4-2-5-10-25)26-11-6-3-7-12-26/h2-7,9-12,14-17,27,30H,8,13,18-21H2,1H3,(H,37,43)(H,41,42)(H4,34,35,36)/t27-/m1/s1. The first-order valence-electron chi connectivity index (χ1n) is 14.5. The predicted molar refractivity (Wildman–Crippen MR) is 168 cm³/mol. The van der Waals surface area contributed by atoms with Gasteiger partial charge in [0.1, 0.15) is 12.6 Å². The molecule has 12 heteroatoms. The van der Waals surface area contributed by atoms with Crippen molar-refractivity contribution < 1.29 is 24.0 Å². The van der Waals surface area contributed by atoms with Crippen molar-refractivity contribution in [3.05, 3.63) is 119 Å².